The average Bonchev–Trinajstić information content (AvgIpc) is 1.84. The molecule has 0 saturated heterocycles. The highest BCUT2D eigenvalue weighted by Gasteiger charge is 2.03. The number of hydrogen-bond donors (Lipinski definition) is 1. The topological polar surface area (TPSA) is 41.6 Å². The van der Waals surface area contributed by atoms with Crippen LogP contribution in [-0.4, -0.2) is 23.8 Å². The van der Waals surface area contributed by atoms with Gasteiger partial charge in [-0.25, -0.2) is 4.99 Å². The van der Waals surface area contributed by atoms with Crippen molar-refractivity contribution in [2.24, 2.45) is 10.7 Å². The Bertz CT molecular complexity index is 170. The first-order valence-electron chi connectivity index (χ1n) is 3.67. The monoisotopic (exact) mass is 155 g/mol. The van der Waals surface area contributed by atoms with Gasteiger partial charge in [-0.2, -0.15) is 0 Å². The molecule has 64 valence electrons. The van der Waals surface area contributed by atoms with Gasteiger partial charge in [0.25, 0.3) is 0 Å². The maximum Gasteiger partial charge on any atom is 0.118 e. The molecule has 0 aromatic carbocycles. The lowest BCUT2D eigenvalue weighted by molar-refractivity contribution is 0.415. The molecule has 0 bridgehead atoms. The second kappa shape index (κ2) is 4.01. The zero-order chi connectivity index (χ0) is 9.02. The summed E-state index contributed by atoms with van der Waals surface area (Å²) >= 11 is 0. The first-order valence-corrected chi connectivity index (χ1v) is 3.67. The summed E-state index contributed by atoms with van der Waals surface area (Å²) in [6.45, 7) is 9.61. The maximum absolute atomic E-state index is 5.32. The molecule has 0 aromatic heterocycles. The fourth-order valence-corrected chi connectivity index (χ4v) is 0.660. The van der Waals surface area contributed by atoms with Crippen LogP contribution >= 0.6 is 0 Å². The van der Waals surface area contributed by atoms with Gasteiger partial charge in [0, 0.05) is 13.1 Å². The number of aliphatic imine (C=N–C) groups is 1. The molecular formula is C8H17N3. The van der Waals surface area contributed by atoms with Crippen molar-refractivity contribution >= 4 is 5.84 Å². The van der Waals surface area contributed by atoms with Crippen molar-refractivity contribution in [3.8, 4) is 0 Å². The molecule has 0 aromatic rings. The van der Waals surface area contributed by atoms with E-state index in [-0.39, 0.29) is 0 Å². The Morgan fingerprint density at radius 3 is 2.27 bits per heavy atom. The Balaban J connectivity index is 4.23. The quantitative estimate of drug-likeness (QED) is 0.480. The van der Waals surface area contributed by atoms with Gasteiger partial charge in [0.05, 0.1) is 0 Å². The molecule has 0 saturated carbocycles. The van der Waals surface area contributed by atoms with Crippen LogP contribution in [-0.2, 0) is 0 Å². The Hall–Kier alpha value is -0.990. The van der Waals surface area contributed by atoms with E-state index in [1.807, 2.05) is 18.9 Å². The highest BCUT2D eigenvalue weighted by atomic mass is 15.2. The zero-order valence-corrected chi connectivity index (χ0v) is 7.76. The number of rotatable bonds is 2. The predicted molar refractivity (Wildman–Crippen MR) is 49.3 cm³/mol. The van der Waals surface area contributed by atoms with Crippen molar-refractivity contribution in [1.82, 2.24) is 4.90 Å². The molecular weight excluding hydrogens is 138 g/mol. The third kappa shape index (κ3) is 3.65. The first kappa shape index (κ1) is 10.0. The summed E-state index contributed by atoms with van der Waals surface area (Å²) in [6.07, 6.45) is 0. The highest BCUT2D eigenvalue weighted by Crippen LogP contribution is 1.96. The van der Waals surface area contributed by atoms with Crippen LogP contribution in [0.3, 0.4) is 0 Å². The lowest BCUT2D eigenvalue weighted by atomic mass is 10.3. The van der Waals surface area contributed by atoms with Gasteiger partial charge < -0.3 is 10.6 Å². The van der Waals surface area contributed by atoms with Crippen molar-refractivity contribution in [2.75, 3.05) is 7.05 Å². The van der Waals surface area contributed by atoms with Crippen LogP contribution < -0.4 is 5.73 Å². The summed E-state index contributed by atoms with van der Waals surface area (Å²) < 4.78 is 0. The molecule has 0 rings (SSSR count). The van der Waals surface area contributed by atoms with E-state index < -0.39 is 0 Å². The first-order chi connectivity index (χ1) is 4.95. The number of hydrogen-bond acceptors (Lipinski definition) is 2. The van der Waals surface area contributed by atoms with Crippen molar-refractivity contribution in [1.29, 1.82) is 0 Å². The Kier molecular flexibility index (Phi) is 3.65. The smallest absolute Gasteiger partial charge is 0.118 e. The van der Waals surface area contributed by atoms with E-state index in [9.17, 15) is 0 Å². The Labute approximate surface area is 68.6 Å². The molecule has 3 heteroatoms. The zero-order valence-electron chi connectivity index (χ0n) is 7.76. The normalized spacial score (nSPS) is 11.9. The molecule has 0 aliphatic heterocycles. The van der Waals surface area contributed by atoms with E-state index in [4.69, 9.17) is 5.73 Å². The standard InChI is InChI=1S/C8H17N3/c1-6(2)11(5)8(4)10-7(3)9/h6H,3,9H2,1-2,4-5H3/b10-8-. The van der Waals surface area contributed by atoms with E-state index in [1.54, 1.807) is 0 Å². The van der Waals surface area contributed by atoms with Crippen LogP contribution in [0.15, 0.2) is 17.4 Å². The second-order valence-electron chi connectivity index (χ2n) is 2.86. The molecule has 0 aliphatic carbocycles. The number of nitrogens with zero attached hydrogens (tertiary/aromatic N) is 2. The lowest BCUT2D eigenvalue weighted by Gasteiger charge is -2.22. The largest absolute Gasteiger partial charge is 0.384 e. The van der Waals surface area contributed by atoms with Crippen molar-refractivity contribution in [3.63, 3.8) is 0 Å². The van der Waals surface area contributed by atoms with Gasteiger partial charge >= 0.3 is 0 Å². The predicted octanol–water partition coefficient (Wildman–Crippen LogP) is 1.17. The maximum atomic E-state index is 5.32. The fourth-order valence-electron chi connectivity index (χ4n) is 0.660. The molecule has 0 aliphatic rings. The third-order valence-corrected chi connectivity index (χ3v) is 1.59. The molecule has 0 radical (unpaired) electrons. The summed E-state index contributed by atoms with van der Waals surface area (Å²) in [7, 11) is 1.98. The van der Waals surface area contributed by atoms with Crippen LogP contribution in [0, 0.1) is 0 Å². The van der Waals surface area contributed by atoms with Crippen LogP contribution in [0.2, 0.25) is 0 Å². The summed E-state index contributed by atoms with van der Waals surface area (Å²) in [5.74, 6) is 1.25. The molecule has 0 fully saturated rings. The van der Waals surface area contributed by atoms with Gasteiger partial charge in [0.1, 0.15) is 11.7 Å². The van der Waals surface area contributed by atoms with E-state index in [0.29, 0.717) is 11.9 Å². The summed E-state index contributed by atoms with van der Waals surface area (Å²) in [5, 5.41) is 0. The van der Waals surface area contributed by atoms with Gasteiger partial charge in [0.15, 0.2) is 0 Å². The summed E-state index contributed by atoms with van der Waals surface area (Å²) in [5.41, 5.74) is 5.32. The number of nitrogens with two attached hydrogens (primary N) is 1. The van der Waals surface area contributed by atoms with Gasteiger partial charge in [-0.3, -0.25) is 0 Å². The molecule has 11 heavy (non-hydrogen) atoms. The Morgan fingerprint density at radius 2 is 2.00 bits per heavy atom. The molecule has 3 nitrogen and oxygen atoms in total. The van der Waals surface area contributed by atoms with E-state index in [1.165, 1.54) is 0 Å². The van der Waals surface area contributed by atoms with Crippen LogP contribution in [0.1, 0.15) is 20.8 Å². The molecule has 0 spiro atoms. The number of amidine groups is 1. The van der Waals surface area contributed by atoms with E-state index >= 15 is 0 Å². The highest BCUT2D eigenvalue weighted by molar-refractivity contribution is 5.80. The third-order valence-electron chi connectivity index (χ3n) is 1.59. The minimum absolute atomic E-state index is 0.356. The average molecular weight is 155 g/mol. The molecule has 2 N–H and O–H groups in total. The Morgan fingerprint density at radius 1 is 1.55 bits per heavy atom. The molecule has 0 amide bonds. The van der Waals surface area contributed by atoms with Gasteiger partial charge in [-0.15, -0.1) is 0 Å². The lowest BCUT2D eigenvalue weighted by Crippen LogP contribution is -2.31. The van der Waals surface area contributed by atoms with Crippen LogP contribution in [0.5, 0.6) is 0 Å². The molecule has 0 heterocycles. The summed E-state index contributed by atoms with van der Waals surface area (Å²) in [6, 6.07) is 0.443. The van der Waals surface area contributed by atoms with Crippen LogP contribution in [0.4, 0.5) is 0 Å². The fraction of sp³-hybridized carbons (Fsp3) is 0.625. The van der Waals surface area contributed by atoms with Crippen LogP contribution in [0.25, 0.3) is 0 Å². The minimum atomic E-state index is 0.356. The molecule has 0 atom stereocenters. The van der Waals surface area contributed by atoms with Crippen molar-refractivity contribution < 1.29 is 0 Å². The van der Waals surface area contributed by atoms with Gasteiger partial charge in [0.2, 0.25) is 0 Å². The molecule has 0 unspecified atom stereocenters. The van der Waals surface area contributed by atoms with Gasteiger partial charge in [-0.05, 0) is 20.8 Å². The minimum Gasteiger partial charge on any atom is -0.384 e. The SMILES string of the molecule is C=C(N)/N=C(/C)N(C)C(C)C. The van der Waals surface area contributed by atoms with E-state index in [0.717, 1.165) is 5.84 Å². The van der Waals surface area contributed by atoms with Gasteiger partial charge in [-0.1, -0.05) is 6.58 Å². The second-order valence-corrected chi connectivity index (χ2v) is 2.86. The summed E-state index contributed by atoms with van der Waals surface area (Å²) in [4.78, 5) is 6.06. The van der Waals surface area contributed by atoms with E-state index in [2.05, 4.69) is 25.4 Å². The van der Waals surface area contributed by atoms with Crippen molar-refractivity contribution in [3.05, 3.63) is 12.4 Å². The van der Waals surface area contributed by atoms with Crippen molar-refractivity contribution in [2.45, 2.75) is 26.8 Å².